The first-order valence-electron chi connectivity index (χ1n) is 22.6. The summed E-state index contributed by atoms with van der Waals surface area (Å²) in [4.78, 5) is 11.0. The third-order valence-electron chi connectivity index (χ3n) is 13.8. The lowest BCUT2D eigenvalue weighted by Gasteiger charge is -2.30. The molecule has 0 N–H and O–H groups in total. The summed E-state index contributed by atoms with van der Waals surface area (Å²) in [5.41, 5.74) is 15.2. The lowest BCUT2D eigenvalue weighted by atomic mass is 9.75. The molecule has 0 fully saturated rings. The molecule has 3 unspecified atom stereocenters. The van der Waals surface area contributed by atoms with Crippen LogP contribution in [-0.2, 0) is 12.8 Å². The van der Waals surface area contributed by atoms with Gasteiger partial charge in [-0.1, -0.05) is 171 Å². The highest BCUT2D eigenvalue weighted by molar-refractivity contribution is 6.20. The minimum absolute atomic E-state index is 0.0593. The number of nitrogens with zero attached hydrogens (tertiary/aromatic N) is 3. The zero-order valence-corrected chi connectivity index (χ0v) is 35.5. The first kappa shape index (κ1) is 37.4. The molecule has 1 aromatic heterocycles. The van der Waals surface area contributed by atoms with Gasteiger partial charge < -0.3 is 4.57 Å². The van der Waals surface area contributed by atoms with Gasteiger partial charge in [0.05, 0.1) is 22.8 Å². The smallest absolute Gasteiger partial charge is 0.155 e. The van der Waals surface area contributed by atoms with Crippen molar-refractivity contribution in [1.82, 2.24) is 4.57 Å². The molecule has 0 saturated carbocycles. The second-order valence-electron chi connectivity index (χ2n) is 17.5. The molecule has 2 heterocycles. The van der Waals surface area contributed by atoms with E-state index in [1.165, 1.54) is 82.3 Å². The number of para-hydroxylation sites is 1. The van der Waals surface area contributed by atoms with Crippen LogP contribution in [0.15, 0.2) is 210 Å². The van der Waals surface area contributed by atoms with Crippen LogP contribution in [0.25, 0.3) is 60.2 Å². The molecule has 0 amide bonds. The number of hydrogen-bond acceptors (Lipinski definition) is 2. The fourth-order valence-electron chi connectivity index (χ4n) is 10.8. The highest BCUT2D eigenvalue weighted by Gasteiger charge is 2.33. The molecule has 0 radical (unpaired) electrons. The van der Waals surface area contributed by atoms with Crippen LogP contribution in [0.1, 0.15) is 65.1 Å². The van der Waals surface area contributed by atoms with Gasteiger partial charge in [-0.15, -0.1) is 0 Å². The van der Waals surface area contributed by atoms with Crippen LogP contribution in [0.4, 0.5) is 0 Å². The van der Waals surface area contributed by atoms with Crippen molar-refractivity contribution in [3.8, 4) is 16.8 Å². The van der Waals surface area contributed by atoms with Crippen LogP contribution in [-0.4, -0.2) is 16.1 Å². The molecular weight excluding hydrogens is 763 g/mol. The lowest BCUT2D eigenvalue weighted by molar-refractivity contribution is 0.533. The van der Waals surface area contributed by atoms with Crippen molar-refractivity contribution in [3.05, 3.63) is 234 Å². The van der Waals surface area contributed by atoms with Crippen LogP contribution in [0.3, 0.4) is 0 Å². The Morgan fingerprint density at radius 2 is 1.21 bits per heavy atom. The maximum Gasteiger partial charge on any atom is 0.155 e. The number of rotatable bonds is 8. The molecule has 0 saturated heterocycles. The minimum atomic E-state index is -0.0593. The minimum Gasteiger partial charge on any atom is -0.309 e. The summed E-state index contributed by atoms with van der Waals surface area (Å²) in [6.07, 6.45) is 4.07. The van der Waals surface area contributed by atoms with Crippen LogP contribution in [0.2, 0.25) is 0 Å². The highest BCUT2D eigenvalue weighted by Crippen LogP contribution is 2.47. The van der Waals surface area contributed by atoms with E-state index in [0.717, 1.165) is 48.5 Å². The molecule has 0 bridgehead atoms. The van der Waals surface area contributed by atoms with E-state index in [2.05, 4.69) is 212 Å². The summed E-state index contributed by atoms with van der Waals surface area (Å²) in [6.45, 7) is 2.29. The van der Waals surface area contributed by atoms with Crippen molar-refractivity contribution in [2.75, 3.05) is 0 Å². The van der Waals surface area contributed by atoms with E-state index in [4.69, 9.17) is 9.98 Å². The van der Waals surface area contributed by atoms with Gasteiger partial charge in [-0.2, -0.15) is 0 Å². The van der Waals surface area contributed by atoms with Gasteiger partial charge in [-0.25, -0.2) is 4.99 Å². The van der Waals surface area contributed by atoms with Crippen molar-refractivity contribution in [1.29, 1.82) is 0 Å². The molecule has 302 valence electrons. The van der Waals surface area contributed by atoms with Crippen molar-refractivity contribution in [3.63, 3.8) is 0 Å². The van der Waals surface area contributed by atoms with Gasteiger partial charge in [0.1, 0.15) is 0 Å². The fourth-order valence-corrected chi connectivity index (χ4v) is 10.8. The van der Waals surface area contributed by atoms with E-state index < -0.39 is 0 Å². The van der Waals surface area contributed by atoms with E-state index in [0.29, 0.717) is 5.92 Å². The molecule has 3 atom stereocenters. The van der Waals surface area contributed by atoms with Crippen molar-refractivity contribution < 1.29 is 0 Å². The third-order valence-corrected chi connectivity index (χ3v) is 13.8. The Labute approximate surface area is 368 Å². The molecule has 63 heavy (non-hydrogen) atoms. The second-order valence-corrected chi connectivity index (χ2v) is 17.5. The van der Waals surface area contributed by atoms with E-state index in [1.54, 1.807) is 0 Å². The van der Waals surface area contributed by atoms with Gasteiger partial charge in [-0.05, 0) is 123 Å². The molecular formula is C60H47N3. The van der Waals surface area contributed by atoms with E-state index in [1.807, 2.05) is 0 Å². The van der Waals surface area contributed by atoms with Crippen molar-refractivity contribution >= 4 is 54.9 Å². The summed E-state index contributed by atoms with van der Waals surface area (Å²) >= 11 is 0. The fraction of sp³-hybridized carbons (Fsp3) is 0.133. The Morgan fingerprint density at radius 1 is 0.540 bits per heavy atom. The average molecular weight is 810 g/mol. The number of aromatic nitrogens is 1. The molecule has 1 aliphatic carbocycles. The zero-order chi connectivity index (χ0) is 41.9. The maximum absolute atomic E-state index is 5.55. The molecule has 3 nitrogen and oxygen atoms in total. The third kappa shape index (κ3) is 6.50. The largest absolute Gasteiger partial charge is 0.309 e. The van der Waals surface area contributed by atoms with Crippen molar-refractivity contribution in [2.45, 2.75) is 44.6 Å². The van der Waals surface area contributed by atoms with Crippen LogP contribution in [0.5, 0.6) is 0 Å². The SMILES string of the molecule is CCC1C(c2cc(-n3c4ccccc4c4cc5c(cc43)CC(CCc3ccccc3)c3cc4ccccc4cc3-5)cc3ccccc23)=NC(c2ccccc2)=NC1c1ccccc1. The van der Waals surface area contributed by atoms with Gasteiger partial charge in [0.2, 0.25) is 0 Å². The second kappa shape index (κ2) is 15.5. The van der Waals surface area contributed by atoms with Gasteiger partial charge in [0.15, 0.2) is 5.84 Å². The number of fused-ring (bicyclic) bond motifs is 8. The predicted octanol–water partition coefficient (Wildman–Crippen LogP) is 15.0. The molecule has 3 heteroatoms. The number of amidine groups is 1. The van der Waals surface area contributed by atoms with Crippen molar-refractivity contribution in [2.24, 2.45) is 15.9 Å². The maximum atomic E-state index is 5.55. The number of aliphatic imine (C=N–C) groups is 2. The topological polar surface area (TPSA) is 29.6 Å². The van der Waals surface area contributed by atoms with Crippen LogP contribution in [0, 0.1) is 5.92 Å². The number of benzene rings is 9. The quantitative estimate of drug-likeness (QED) is 0.146. The van der Waals surface area contributed by atoms with Gasteiger partial charge in [0.25, 0.3) is 0 Å². The van der Waals surface area contributed by atoms with E-state index in [-0.39, 0.29) is 12.0 Å². The zero-order valence-electron chi connectivity index (χ0n) is 35.5. The van der Waals surface area contributed by atoms with Crippen LogP contribution < -0.4 is 0 Å². The standard InChI is InChI=1S/C60H47N3/c1-2-48-58(40-20-8-4-9-21-40)61-60(41-22-10-5-11-23-41)62-59(48)55-37-47(33-44-26-14-15-27-49(44)55)63-56-29-17-16-28-50(56)54-38-52-46(36-57(54)63)32-45(31-30-39-18-6-3-7-19-39)51-34-42-24-12-13-25-43(42)35-53(51)52/h3-29,33-38,45,48,58H,2,30-32H2,1H3. The van der Waals surface area contributed by atoms with Crippen LogP contribution >= 0.6 is 0 Å². The summed E-state index contributed by atoms with van der Waals surface area (Å²) in [6, 6.07) is 73.8. The number of aryl methyl sites for hydroxylation is 1. The molecule has 12 rings (SSSR count). The molecule has 1 aliphatic heterocycles. The summed E-state index contributed by atoms with van der Waals surface area (Å²) in [5, 5.41) is 7.58. The Hall–Kier alpha value is -7.36. The molecule has 2 aliphatic rings. The first-order valence-corrected chi connectivity index (χ1v) is 22.6. The average Bonchev–Trinajstić information content (AvgIpc) is 3.67. The highest BCUT2D eigenvalue weighted by atomic mass is 15.0. The summed E-state index contributed by atoms with van der Waals surface area (Å²) < 4.78 is 2.53. The number of hydrogen-bond donors (Lipinski definition) is 0. The first-order chi connectivity index (χ1) is 31.2. The normalized spacial score (nSPS) is 17.1. The molecule has 10 aromatic rings. The summed E-state index contributed by atoms with van der Waals surface area (Å²) in [7, 11) is 0. The van der Waals surface area contributed by atoms with Gasteiger partial charge >= 0.3 is 0 Å². The summed E-state index contributed by atoms with van der Waals surface area (Å²) in [5.74, 6) is 1.29. The van der Waals surface area contributed by atoms with Gasteiger partial charge in [-0.3, -0.25) is 4.99 Å². The van der Waals surface area contributed by atoms with E-state index in [9.17, 15) is 0 Å². The Bertz CT molecular complexity index is 3410. The molecule has 0 spiro atoms. The Balaban J connectivity index is 1.07. The van der Waals surface area contributed by atoms with E-state index >= 15 is 0 Å². The monoisotopic (exact) mass is 809 g/mol. The van der Waals surface area contributed by atoms with Gasteiger partial charge in [0, 0.05) is 33.5 Å². The predicted molar refractivity (Wildman–Crippen MR) is 265 cm³/mol. The Morgan fingerprint density at radius 3 is 1.98 bits per heavy atom. The Kier molecular flexibility index (Phi) is 9.22. The lowest BCUT2D eigenvalue weighted by Crippen LogP contribution is -2.28. The molecule has 9 aromatic carbocycles.